The second kappa shape index (κ2) is 8.08. The summed E-state index contributed by atoms with van der Waals surface area (Å²) in [5.74, 6) is 0.287. The molecule has 2 aliphatic heterocycles. The average molecular weight is 358 g/mol. The van der Waals surface area contributed by atoms with Gasteiger partial charge < -0.3 is 14.7 Å². The molecule has 6 nitrogen and oxygen atoms in total. The van der Waals surface area contributed by atoms with Crippen molar-refractivity contribution in [1.82, 2.24) is 14.7 Å². The Balaban J connectivity index is 1.51. The van der Waals surface area contributed by atoms with Gasteiger partial charge in [0.05, 0.1) is 6.04 Å². The number of benzene rings is 1. The molecular weight excluding hydrogens is 328 g/mol. The Morgan fingerprint density at radius 2 is 1.54 bits per heavy atom. The second-order valence-corrected chi connectivity index (χ2v) is 7.37. The highest BCUT2D eigenvalue weighted by Gasteiger charge is 2.30. The number of amides is 2. The Hall–Kier alpha value is -2.08. The summed E-state index contributed by atoms with van der Waals surface area (Å²) < 4.78 is 0. The summed E-state index contributed by atoms with van der Waals surface area (Å²) in [5, 5.41) is 0. The van der Waals surface area contributed by atoms with Crippen molar-refractivity contribution in [2.24, 2.45) is 0 Å². The van der Waals surface area contributed by atoms with E-state index in [-0.39, 0.29) is 17.9 Å². The first-order chi connectivity index (χ1) is 12.5. The number of hydrogen-bond donors (Lipinski definition) is 0. The van der Waals surface area contributed by atoms with E-state index >= 15 is 0 Å². The molecule has 2 fully saturated rings. The molecule has 0 spiro atoms. The van der Waals surface area contributed by atoms with Gasteiger partial charge in [0.2, 0.25) is 11.8 Å². The number of aryl methyl sites for hydroxylation is 1. The number of nitrogens with zero attached hydrogens (tertiary/aromatic N) is 4. The summed E-state index contributed by atoms with van der Waals surface area (Å²) in [4.78, 5) is 32.7. The van der Waals surface area contributed by atoms with Gasteiger partial charge in [-0.05, 0) is 31.5 Å². The quantitative estimate of drug-likeness (QED) is 0.815. The molecule has 0 bridgehead atoms. The standard InChI is InChI=1S/C20H30N4O2/c1-16-5-4-6-19(15-16)23-11-7-21(8-12-23)17(2)20(26)24-13-9-22(10-14-24)18(3)25/h4-6,15,17H,7-14H2,1-3H3. The molecule has 2 amide bonds. The van der Waals surface area contributed by atoms with Gasteiger partial charge in [0.25, 0.3) is 0 Å². The van der Waals surface area contributed by atoms with Crippen molar-refractivity contribution >= 4 is 17.5 Å². The van der Waals surface area contributed by atoms with Crippen LogP contribution in [0.25, 0.3) is 0 Å². The zero-order valence-corrected chi connectivity index (χ0v) is 16.1. The van der Waals surface area contributed by atoms with Crippen molar-refractivity contribution in [3.63, 3.8) is 0 Å². The molecule has 2 heterocycles. The van der Waals surface area contributed by atoms with Crippen LogP contribution in [0.3, 0.4) is 0 Å². The lowest BCUT2D eigenvalue weighted by Gasteiger charge is -2.41. The van der Waals surface area contributed by atoms with Crippen molar-refractivity contribution in [3.8, 4) is 0 Å². The zero-order valence-electron chi connectivity index (χ0n) is 16.1. The van der Waals surface area contributed by atoms with E-state index in [1.165, 1.54) is 11.3 Å². The second-order valence-electron chi connectivity index (χ2n) is 7.37. The van der Waals surface area contributed by atoms with Gasteiger partial charge >= 0.3 is 0 Å². The highest BCUT2D eigenvalue weighted by Crippen LogP contribution is 2.19. The summed E-state index contributed by atoms with van der Waals surface area (Å²) in [6, 6.07) is 8.50. The van der Waals surface area contributed by atoms with E-state index in [1.807, 2.05) is 16.7 Å². The molecule has 3 rings (SSSR count). The maximum Gasteiger partial charge on any atom is 0.239 e. The Morgan fingerprint density at radius 3 is 2.12 bits per heavy atom. The van der Waals surface area contributed by atoms with E-state index in [1.54, 1.807) is 6.92 Å². The average Bonchev–Trinajstić information content (AvgIpc) is 2.67. The van der Waals surface area contributed by atoms with Gasteiger partial charge in [-0.2, -0.15) is 0 Å². The molecule has 2 saturated heterocycles. The largest absolute Gasteiger partial charge is 0.369 e. The molecule has 0 aromatic heterocycles. The Morgan fingerprint density at radius 1 is 0.923 bits per heavy atom. The van der Waals surface area contributed by atoms with Gasteiger partial charge in [-0.3, -0.25) is 14.5 Å². The van der Waals surface area contributed by atoms with Crippen LogP contribution >= 0.6 is 0 Å². The number of piperazine rings is 2. The monoisotopic (exact) mass is 358 g/mol. The van der Waals surface area contributed by atoms with E-state index < -0.39 is 0 Å². The fourth-order valence-electron chi connectivity index (χ4n) is 3.85. The van der Waals surface area contributed by atoms with Gasteiger partial charge in [0.1, 0.15) is 0 Å². The van der Waals surface area contributed by atoms with Crippen LogP contribution in [-0.2, 0) is 9.59 Å². The Labute approximate surface area is 156 Å². The molecular formula is C20H30N4O2. The summed E-state index contributed by atoms with van der Waals surface area (Å²) in [6.07, 6.45) is 0. The van der Waals surface area contributed by atoms with Crippen LogP contribution in [0, 0.1) is 6.92 Å². The molecule has 26 heavy (non-hydrogen) atoms. The minimum Gasteiger partial charge on any atom is -0.369 e. The van der Waals surface area contributed by atoms with Gasteiger partial charge in [-0.1, -0.05) is 12.1 Å². The molecule has 6 heteroatoms. The van der Waals surface area contributed by atoms with Crippen LogP contribution in [0.1, 0.15) is 19.4 Å². The first-order valence-electron chi connectivity index (χ1n) is 9.55. The topological polar surface area (TPSA) is 47.1 Å². The first-order valence-corrected chi connectivity index (χ1v) is 9.55. The highest BCUT2D eigenvalue weighted by molar-refractivity contribution is 5.82. The van der Waals surface area contributed by atoms with Gasteiger partial charge in [-0.25, -0.2) is 0 Å². The normalized spacial score (nSPS) is 20.2. The van der Waals surface area contributed by atoms with E-state index in [9.17, 15) is 9.59 Å². The van der Waals surface area contributed by atoms with Crippen LogP contribution in [0.5, 0.6) is 0 Å². The molecule has 0 aliphatic carbocycles. The molecule has 1 aromatic rings. The minimum absolute atomic E-state index is 0.0948. The summed E-state index contributed by atoms with van der Waals surface area (Å²) in [6.45, 7) is 12.0. The fourth-order valence-corrected chi connectivity index (χ4v) is 3.85. The number of rotatable bonds is 3. The van der Waals surface area contributed by atoms with E-state index in [0.717, 1.165) is 26.2 Å². The minimum atomic E-state index is -0.0986. The molecule has 1 aromatic carbocycles. The molecule has 0 N–H and O–H groups in total. The SMILES string of the molecule is CC(=O)N1CCN(C(=O)C(C)N2CCN(c3cccc(C)c3)CC2)CC1. The van der Waals surface area contributed by atoms with Crippen LogP contribution in [0.15, 0.2) is 24.3 Å². The van der Waals surface area contributed by atoms with Crippen LogP contribution < -0.4 is 4.90 Å². The maximum atomic E-state index is 12.8. The zero-order chi connectivity index (χ0) is 18.7. The third kappa shape index (κ3) is 4.18. The van der Waals surface area contributed by atoms with E-state index in [0.29, 0.717) is 26.2 Å². The molecule has 142 valence electrons. The number of hydrogen-bond acceptors (Lipinski definition) is 4. The van der Waals surface area contributed by atoms with Crippen molar-refractivity contribution in [3.05, 3.63) is 29.8 Å². The molecule has 0 radical (unpaired) electrons. The summed E-state index contributed by atoms with van der Waals surface area (Å²) >= 11 is 0. The van der Waals surface area contributed by atoms with Crippen LogP contribution in [0.2, 0.25) is 0 Å². The predicted molar refractivity (Wildman–Crippen MR) is 103 cm³/mol. The third-order valence-electron chi connectivity index (χ3n) is 5.62. The summed E-state index contributed by atoms with van der Waals surface area (Å²) in [5.41, 5.74) is 2.54. The lowest BCUT2D eigenvalue weighted by molar-refractivity contribution is -0.142. The first kappa shape index (κ1) is 18.7. The van der Waals surface area contributed by atoms with Crippen LogP contribution in [0.4, 0.5) is 5.69 Å². The number of carbonyl (C=O) groups excluding carboxylic acids is 2. The van der Waals surface area contributed by atoms with Gasteiger partial charge in [0.15, 0.2) is 0 Å². The number of anilines is 1. The Bertz CT molecular complexity index is 647. The number of carbonyl (C=O) groups is 2. The van der Waals surface area contributed by atoms with Crippen molar-refractivity contribution in [2.45, 2.75) is 26.8 Å². The predicted octanol–water partition coefficient (Wildman–Crippen LogP) is 1.20. The molecule has 1 atom stereocenters. The maximum absolute atomic E-state index is 12.8. The van der Waals surface area contributed by atoms with E-state index in [2.05, 4.69) is 41.0 Å². The Kier molecular flexibility index (Phi) is 5.81. The lowest BCUT2D eigenvalue weighted by Crippen LogP contribution is -2.57. The third-order valence-corrected chi connectivity index (χ3v) is 5.62. The van der Waals surface area contributed by atoms with Gasteiger partial charge in [-0.15, -0.1) is 0 Å². The smallest absolute Gasteiger partial charge is 0.239 e. The van der Waals surface area contributed by atoms with Crippen LogP contribution in [-0.4, -0.2) is 84.9 Å². The highest BCUT2D eigenvalue weighted by atomic mass is 16.2. The summed E-state index contributed by atoms with van der Waals surface area (Å²) in [7, 11) is 0. The molecule has 0 saturated carbocycles. The molecule has 2 aliphatic rings. The van der Waals surface area contributed by atoms with Gasteiger partial charge in [0, 0.05) is 65.0 Å². The van der Waals surface area contributed by atoms with Crippen molar-refractivity contribution in [2.75, 3.05) is 57.3 Å². The van der Waals surface area contributed by atoms with E-state index in [4.69, 9.17) is 0 Å². The fraction of sp³-hybridized carbons (Fsp3) is 0.600. The lowest BCUT2D eigenvalue weighted by atomic mass is 10.1. The molecule has 1 unspecified atom stereocenters. The van der Waals surface area contributed by atoms with Crippen molar-refractivity contribution < 1.29 is 9.59 Å². The van der Waals surface area contributed by atoms with Crippen molar-refractivity contribution in [1.29, 1.82) is 0 Å².